The lowest BCUT2D eigenvalue weighted by Gasteiger charge is -2.42. The van der Waals surface area contributed by atoms with Gasteiger partial charge in [-0.25, -0.2) is 8.78 Å². The van der Waals surface area contributed by atoms with Gasteiger partial charge in [-0.1, -0.05) is 30.3 Å². The maximum Gasteiger partial charge on any atom is 0.416 e. The van der Waals surface area contributed by atoms with Crippen LogP contribution in [-0.2, 0) is 6.18 Å². The highest BCUT2D eigenvalue weighted by molar-refractivity contribution is 5.96. The minimum absolute atomic E-state index is 0.0152. The zero-order chi connectivity index (χ0) is 25.1. The van der Waals surface area contributed by atoms with Crippen molar-refractivity contribution < 1.29 is 31.9 Å². The summed E-state index contributed by atoms with van der Waals surface area (Å²) in [6.45, 7) is 0.267. The average Bonchev–Trinajstić information content (AvgIpc) is 3.31. The fourth-order valence-corrected chi connectivity index (χ4v) is 5.18. The second kappa shape index (κ2) is 8.17. The van der Waals surface area contributed by atoms with Crippen LogP contribution in [-0.4, -0.2) is 38.3 Å². The Balaban J connectivity index is 1.82. The van der Waals surface area contributed by atoms with Crippen LogP contribution in [0.25, 0.3) is 0 Å². The van der Waals surface area contributed by atoms with Crippen molar-refractivity contribution in [3.8, 4) is 5.75 Å². The highest BCUT2D eigenvalue weighted by Gasteiger charge is 2.49. The molecule has 0 unspecified atom stereocenters. The summed E-state index contributed by atoms with van der Waals surface area (Å²) >= 11 is 0. The van der Waals surface area contributed by atoms with Crippen LogP contribution < -0.4 is 5.43 Å². The molecule has 11 heteroatoms. The van der Waals surface area contributed by atoms with Crippen molar-refractivity contribution in [1.29, 1.82) is 0 Å². The van der Waals surface area contributed by atoms with E-state index >= 15 is 4.39 Å². The number of nitrogens with zero attached hydrogens (tertiary/aromatic N) is 3. The van der Waals surface area contributed by atoms with E-state index in [1.807, 2.05) is 0 Å². The van der Waals surface area contributed by atoms with Crippen molar-refractivity contribution in [3.05, 3.63) is 92.9 Å². The Morgan fingerprint density at radius 3 is 2.57 bits per heavy atom. The lowest BCUT2D eigenvalue weighted by Crippen LogP contribution is -2.51. The van der Waals surface area contributed by atoms with Crippen LogP contribution in [0.5, 0.6) is 5.75 Å². The number of benzene rings is 2. The van der Waals surface area contributed by atoms with Crippen molar-refractivity contribution in [3.63, 3.8) is 0 Å². The molecule has 1 fully saturated rings. The number of carbonyl (C=O) groups excluding carboxylic acids is 1. The van der Waals surface area contributed by atoms with Crippen LogP contribution >= 0.6 is 0 Å². The first-order valence-electron chi connectivity index (χ1n) is 10.8. The quantitative estimate of drug-likeness (QED) is 0.557. The third-order valence-corrected chi connectivity index (χ3v) is 6.66. The predicted octanol–water partition coefficient (Wildman–Crippen LogP) is 4.24. The molecule has 0 radical (unpaired) electrons. The fraction of sp³-hybridized carbons (Fsp3) is 0.292. The molecule has 1 saturated heterocycles. The molecule has 2 aliphatic rings. The summed E-state index contributed by atoms with van der Waals surface area (Å²) in [6.07, 6.45) is -2.96. The largest absolute Gasteiger partial charge is 0.502 e. The summed E-state index contributed by atoms with van der Waals surface area (Å²) in [6, 6.07) is 5.97. The summed E-state index contributed by atoms with van der Waals surface area (Å²) < 4.78 is 71.2. The van der Waals surface area contributed by atoms with Crippen molar-refractivity contribution in [2.75, 3.05) is 6.54 Å². The second-order valence-electron chi connectivity index (χ2n) is 8.59. The summed E-state index contributed by atoms with van der Waals surface area (Å²) in [4.78, 5) is 26.6. The second-order valence-corrected chi connectivity index (χ2v) is 8.59. The lowest BCUT2D eigenvalue weighted by molar-refractivity contribution is -0.137. The van der Waals surface area contributed by atoms with Gasteiger partial charge in [0.25, 0.3) is 5.91 Å². The monoisotopic (exact) mass is 491 g/mol. The number of carbonyl (C=O) groups is 1. The van der Waals surface area contributed by atoms with Gasteiger partial charge in [0, 0.05) is 18.0 Å². The van der Waals surface area contributed by atoms with E-state index in [0.717, 1.165) is 29.1 Å². The normalized spacial score (nSPS) is 20.5. The smallest absolute Gasteiger partial charge is 0.416 e. The number of aromatic nitrogens is 2. The van der Waals surface area contributed by atoms with Gasteiger partial charge in [0.15, 0.2) is 23.1 Å². The zero-order valence-electron chi connectivity index (χ0n) is 18.0. The molecule has 3 heterocycles. The Kier molecular flexibility index (Phi) is 5.37. The average molecular weight is 491 g/mol. The molecule has 2 aromatic carbocycles. The minimum Gasteiger partial charge on any atom is -0.502 e. The van der Waals surface area contributed by atoms with Gasteiger partial charge >= 0.3 is 6.18 Å². The number of alkyl halides is 3. The molecule has 0 aliphatic carbocycles. The SMILES string of the molecule is O=C1c2c(O)c(=O)cnn2[C@@H]([C@H](c2cccc(C(F)(F)F)c2)c2cccc(F)c2F)[C@H]2CCCN12. The van der Waals surface area contributed by atoms with E-state index in [2.05, 4.69) is 5.10 Å². The first-order chi connectivity index (χ1) is 16.6. The Morgan fingerprint density at radius 2 is 1.83 bits per heavy atom. The van der Waals surface area contributed by atoms with Gasteiger partial charge in [-0.3, -0.25) is 14.3 Å². The van der Waals surface area contributed by atoms with Crippen LogP contribution in [0, 0.1) is 11.6 Å². The molecular weight excluding hydrogens is 473 g/mol. The number of hydrogen-bond acceptors (Lipinski definition) is 4. The molecule has 2 aliphatic heterocycles. The molecule has 0 bridgehead atoms. The van der Waals surface area contributed by atoms with E-state index < -0.39 is 64.2 Å². The van der Waals surface area contributed by atoms with Crippen LogP contribution in [0.1, 0.15) is 52.0 Å². The maximum absolute atomic E-state index is 15.2. The van der Waals surface area contributed by atoms with E-state index in [1.54, 1.807) is 0 Å². The van der Waals surface area contributed by atoms with Gasteiger partial charge in [0.05, 0.1) is 23.8 Å². The molecule has 0 saturated carbocycles. The number of amides is 1. The molecular formula is C24H18F5N3O3. The summed E-state index contributed by atoms with van der Waals surface area (Å²) in [5.74, 6) is -5.19. The van der Waals surface area contributed by atoms with Gasteiger partial charge in [0.2, 0.25) is 5.43 Å². The Morgan fingerprint density at radius 1 is 1.09 bits per heavy atom. The summed E-state index contributed by atoms with van der Waals surface area (Å²) in [5.41, 5.74) is -2.55. The van der Waals surface area contributed by atoms with Gasteiger partial charge in [-0.15, -0.1) is 0 Å². The van der Waals surface area contributed by atoms with Crippen molar-refractivity contribution in [2.45, 2.75) is 37.0 Å². The van der Waals surface area contributed by atoms with E-state index in [4.69, 9.17) is 0 Å². The van der Waals surface area contributed by atoms with Gasteiger partial charge in [0.1, 0.15) is 0 Å². The molecule has 1 aromatic heterocycles. The van der Waals surface area contributed by atoms with Crippen molar-refractivity contribution in [2.24, 2.45) is 0 Å². The topological polar surface area (TPSA) is 75.4 Å². The molecule has 35 heavy (non-hydrogen) atoms. The van der Waals surface area contributed by atoms with E-state index in [-0.39, 0.29) is 17.7 Å². The third kappa shape index (κ3) is 3.65. The Labute approximate surface area is 195 Å². The molecule has 3 atom stereocenters. The van der Waals surface area contributed by atoms with E-state index in [1.165, 1.54) is 29.2 Å². The van der Waals surface area contributed by atoms with Gasteiger partial charge in [-0.2, -0.15) is 18.3 Å². The van der Waals surface area contributed by atoms with E-state index in [0.29, 0.717) is 12.8 Å². The zero-order valence-corrected chi connectivity index (χ0v) is 18.0. The highest BCUT2D eigenvalue weighted by atomic mass is 19.4. The first-order valence-corrected chi connectivity index (χ1v) is 10.8. The molecule has 1 N–H and O–H groups in total. The van der Waals surface area contributed by atoms with Crippen LogP contribution in [0.2, 0.25) is 0 Å². The van der Waals surface area contributed by atoms with E-state index in [9.17, 15) is 32.3 Å². The summed E-state index contributed by atoms with van der Waals surface area (Å²) in [7, 11) is 0. The maximum atomic E-state index is 15.2. The van der Waals surface area contributed by atoms with Gasteiger partial charge in [-0.05, 0) is 30.5 Å². The molecule has 182 valence electrons. The number of aromatic hydroxyl groups is 1. The number of fused-ring (bicyclic) bond motifs is 2. The van der Waals surface area contributed by atoms with Crippen molar-refractivity contribution in [1.82, 2.24) is 14.7 Å². The summed E-state index contributed by atoms with van der Waals surface area (Å²) in [5, 5.41) is 14.4. The molecule has 6 nitrogen and oxygen atoms in total. The Bertz CT molecular complexity index is 1390. The first kappa shape index (κ1) is 23.0. The standard InChI is InChI=1S/C24H18F5N3O3/c25-15-7-2-6-14(19(15)26)18(12-4-1-5-13(10-12)24(27,28)29)20-16-8-3-9-31(16)23(35)21-22(34)17(33)11-30-32(20)21/h1-2,4-7,10-11,16,18,20,34H,3,8-9H2/t16-,18-,20-/m1/s1. The van der Waals surface area contributed by atoms with Crippen molar-refractivity contribution >= 4 is 5.91 Å². The molecule has 5 rings (SSSR count). The van der Waals surface area contributed by atoms with Crippen LogP contribution in [0.4, 0.5) is 22.0 Å². The molecule has 3 aromatic rings. The minimum atomic E-state index is -4.69. The van der Waals surface area contributed by atoms with Crippen LogP contribution in [0.15, 0.2) is 53.5 Å². The lowest BCUT2D eigenvalue weighted by atomic mass is 9.79. The fourth-order valence-electron chi connectivity index (χ4n) is 5.18. The molecule has 1 amide bonds. The van der Waals surface area contributed by atoms with Gasteiger partial charge < -0.3 is 10.0 Å². The Hall–Kier alpha value is -3.76. The number of hydrogen-bond donors (Lipinski definition) is 1. The number of halogens is 5. The predicted molar refractivity (Wildman–Crippen MR) is 113 cm³/mol. The highest BCUT2D eigenvalue weighted by Crippen LogP contribution is 2.47. The third-order valence-electron chi connectivity index (χ3n) is 6.66. The molecule has 0 spiro atoms. The van der Waals surface area contributed by atoms with Crippen LogP contribution in [0.3, 0.4) is 0 Å². The number of rotatable bonds is 3.